The Hall–Kier alpha value is -1.40. The largest absolute Gasteiger partial charge is 0.339 e. The molecule has 4 nitrogen and oxygen atoms in total. The molecule has 0 radical (unpaired) electrons. The lowest BCUT2D eigenvalue weighted by molar-refractivity contribution is 0.371. The Morgan fingerprint density at radius 1 is 1.37 bits per heavy atom. The van der Waals surface area contributed by atoms with E-state index >= 15 is 0 Å². The highest BCUT2D eigenvalue weighted by atomic mass is 32.2. The van der Waals surface area contributed by atoms with Crippen LogP contribution in [0.15, 0.2) is 33.7 Å². The number of aryl methyl sites for hydroxylation is 1. The quantitative estimate of drug-likeness (QED) is 0.624. The van der Waals surface area contributed by atoms with Crippen LogP contribution >= 0.6 is 11.8 Å². The minimum Gasteiger partial charge on any atom is -0.339 e. The van der Waals surface area contributed by atoms with Gasteiger partial charge in [0, 0.05) is 11.3 Å². The molecule has 0 saturated carbocycles. The van der Waals surface area contributed by atoms with Crippen molar-refractivity contribution in [3.8, 4) is 0 Å². The Morgan fingerprint density at radius 2 is 2.21 bits per heavy atom. The van der Waals surface area contributed by atoms with Crippen LogP contribution in [-0.2, 0) is 12.2 Å². The number of aromatic nitrogens is 2. The fraction of sp³-hybridized carbons (Fsp3) is 0.385. The van der Waals surface area contributed by atoms with Crippen molar-refractivity contribution in [1.82, 2.24) is 15.5 Å². The zero-order valence-electron chi connectivity index (χ0n) is 10.7. The molecule has 2 rings (SSSR count). The molecule has 0 bridgehead atoms. The van der Waals surface area contributed by atoms with E-state index < -0.39 is 0 Å². The summed E-state index contributed by atoms with van der Waals surface area (Å²) in [6, 6.07) is 6.67. The Labute approximate surface area is 115 Å². The van der Waals surface area contributed by atoms with Crippen molar-refractivity contribution < 1.29 is 8.91 Å². The van der Waals surface area contributed by atoms with E-state index in [0.717, 1.165) is 19.4 Å². The number of thioether (sulfide) groups is 1. The molecule has 1 N–H and O–H groups in total. The van der Waals surface area contributed by atoms with Gasteiger partial charge in [-0.3, -0.25) is 0 Å². The summed E-state index contributed by atoms with van der Waals surface area (Å²) >= 11 is 1.37. The van der Waals surface area contributed by atoms with E-state index in [2.05, 4.69) is 15.5 Å². The second-order valence-electron chi connectivity index (χ2n) is 4.03. The van der Waals surface area contributed by atoms with Crippen LogP contribution in [0.4, 0.5) is 4.39 Å². The van der Waals surface area contributed by atoms with Crippen molar-refractivity contribution in [2.75, 3.05) is 13.6 Å². The van der Waals surface area contributed by atoms with Crippen LogP contribution in [0, 0.1) is 5.82 Å². The smallest absolute Gasteiger partial charge is 0.226 e. The molecule has 0 saturated heterocycles. The van der Waals surface area contributed by atoms with Gasteiger partial charge in [-0.25, -0.2) is 4.39 Å². The number of nitrogens with zero attached hydrogens (tertiary/aromatic N) is 2. The summed E-state index contributed by atoms with van der Waals surface area (Å²) in [6.07, 6.45) is 1.72. The number of nitrogens with one attached hydrogen (secondary N) is 1. The third kappa shape index (κ3) is 4.33. The molecule has 1 aromatic heterocycles. The normalized spacial score (nSPS) is 10.8. The molecule has 0 aliphatic heterocycles. The van der Waals surface area contributed by atoms with Gasteiger partial charge in [0.25, 0.3) is 0 Å². The zero-order valence-corrected chi connectivity index (χ0v) is 11.5. The van der Waals surface area contributed by atoms with E-state index in [1.165, 1.54) is 17.8 Å². The lowest BCUT2D eigenvalue weighted by Gasteiger charge is -1.99. The Morgan fingerprint density at radius 3 is 3.00 bits per heavy atom. The number of benzene rings is 1. The minimum atomic E-state index is -0.217. The van der Waals surface area contributed by atoms with E-state index in [4.69, 9.17) is 4.52 Å². The van der Waals surface area contributed by atoms with Gasteiger partial charge >= 0.3 is 0 Å². The summed E-state index contributed by atoms with van der Waals surface area (Å²) in [7, 11) is 1.91. The molecule has 0 unspecified atom stereocenters. The molecular weight excluding hydrogens is 265 g/mol. The van der Waals surface area contributed by atoms with Gasteiger partial charge in [-0.05, 0) is 32.1 Å². The van der Waals surface area contributed by atoms with E-state index in [0.29, 0.717) is 22.4 Å². The highest BCUT2D eigenvalue weighted by Gasteiger charge is 2.08. The Kier molecular flexibility index (Phi) is 5.35. The number of halogens is 1. The first-order chi connectivity index (χ1) is 9.29. The number of rotatable bonds is 7. The Bertz CT molecular complexity index is 518. The molecule has 0 amide bonds. The van der Waals surface area contributed by atoms with Crippen molar-refractivity contribution in [2.45, 2.75) is 23.5 Å². The fourth-order valence-corrected chi connectivity index (χ4v) is 2.35. The second-order valence-corrected chi connectivity index (χ2v) is 5.05. The van der Waals surface area contributed by atoms with Crippen LogP contribution in [0.25, 0.3) is 0 Å². The average Bonchev–Trinajstić information content (AvgIpc) is 2.86. The highest BCUT2D eigenvalue weighted by molar-refractivity contribution is 7.98. The molecule has 2 aromatic rings. The third-order valence-electron chi connectivity index (χ3n) is 2.52. The second kappa shape index (κ2) is 7.25. The predicted molar refractivity (Wildman–Crippen MR) is 72.5 cm³/mol. The maximum Gasteiger partial charge on any atom is 0.226 e. The standard InChI is InChI=1S/C13H16FN3OS/c1-15-8-4-7-13-16-12(17-18-13)9-19-11-6-3-2-5-10(11)14/h2-3,5-6,15H,4,7-9H2,1H3. The van der Waals surface area contributed by atoms with Crippen LogP contribution in [0.1, 0.15) is 18.1 Å². The van der Waals surface area contributed by atoms with Gasteiger partial charge in [0.15, 0.2) is 5.82 Å². The minimum absolute atomic E-state index is 0.217. The van der Waals surface area contributed by atoms with Crippen LogP contribution in [0.5, 0.6) is 0 Å². The van der Waals surface area contributed by atoms with Gasteiger partial charge in [-0.2, -0.15) is 4.98 Å². The van der Waals surface area contributed by atoms with Crippen molar-refractivity contribution in [1.29, 1.82) is 0 Å². The van der Waals surface area contributed by atoms with E-state index in [1.54, 1.807) is 12.1 Å². The molecule has 0 fully saturated rings. The first-order valence-electron chi connectivity index (χ1n) is 6.13. The first-order valence-corrected chi connectivity index (χ1v) is 7.11. The van der Waals surface area contributed by atoms with Gasteiger partial charge in [-0.15, -0.1) is 11.8 Å². The van der Waals surface area contributed by atoms with E-state index in [-0.39, 0.29) is 5.82 Å². The summed E-state index contributed by atoms with van der Waals surface area (Å²) in [6.45, 7) is 0.918. The predicted octanol–water partition coefficient (Wildman–Crippen LogP) is 2.65. The molecule has 0 spiro atoms. The highest BCUT2D eigenvalue weighted by Crippen LogP contribution is 2.24. The maximum absolute atomic E-state index is 13.4. The summed E-state index contributed by atoms with van der Waals surface area (Å²) in [5.74, 6) is 1.54. The topological polar surface area (TPSA) is 51.0 Å². The molecule has 0 atom stereocenters. The molecule has 6 heteroatoms. The monoisotopic (exact) mass is 281 g/mol. The number of hydrogen-bond donors (Lipinski definition) is 1. The van der Waals surface area contributed by atoms with Crippen LogP contribution in [0.2, 0.25) is 0 Å². The summed E-state index contributed by atoms with van der Waals surface area (Å²) in [5.41, 5.74) is 0. The summed E-state index contributed by atoms with van der Waals surface area (Å²) in [4.78, 5) is 4.88. The molecule has 102 valence electrons. The fourth-order valence-electron chi connectivity index (χ4n) is 1.57. The van der Waals surface area contributed by atoms with Gasteiger partial charge in [-0.1, -0.05) is 17.3 Å². The SMILES string of the molecule is CNCCCc1nc(CSc2ccccc2F)no1. The molecule has 0 aliphatic carbocycles. The molecule has 1 aromatic carbocycles. The molecular formula is C13H16FN3OS. The molecule has 0 aliphatic rings. The van der Waals surface area contributed by atoms with Crippen LogP contribution in [-0.4, -0.2) is 23.7 Å². The maximum atomic E-state index is 13.4. The number of hydrogen-bond acceptors (Lipinski definition) is 5. The van der Waals surface area contributed by atoms with Crippen LogP contribution in [0.3, 0.4) is 0 Å². The Balaban J connectivity index is 1.85. The van der Waals surface area contributed by atoms with Crippen molar-refractivity contribution >= 4 is 11.8 Å². The van der Waals surface area contributed by atoms with Crippen molar-refractivity contribution in [2.24, 2.45) is 0 Å². The third-order valence-corrected chi connectivity index (χ3v) is 3.57. The van der Waals surface area contributed by atoms with Crippen molar-refractivity contribution in [3.05, 3.63) is 41.8 Å². The first kappa shape index (κ1) is 14.0. The van der Waals surface area contributed by atoms with Gasteiger partial charge in [0.2, 0.25) is 5.89 Å². The summed E-state index contributed by atoms with van der Waals surface area (Å²) in [5, 5.41) is 6.95. The average molecular weight is 281 g/mol. The van der Waals surface area contributed by atoms with Gasteiger partial charge in [0.1, 0.15) is 5.82 Å². The van der Waals surface area contributed by atoms with Gasteiger partial charge in [0.05, 0.1) is 5.75 Å². The van der Waals surface area contributed by atoms with Gasteiger partial charge < -0.3 is 9.84 Å². The van der Waals surface area contributed by atoms with Crippen LogP contribution < -0.4 is 5.32 Å². The van der Waals surface area contributed by atoms with E-state index in [1.807, 2.05) is 13.1 Å². The van der Waals surface area contributed by atoms with Crippen molar-refractivity contribution in [3.63, 3.8) is 0 Å². The van der Waals surface area contributed by atoms with E-state index in [9.17, 15) is 4.39 Å². The lowest BCUT2D eigenvalue weighted by Crippen LogP contribution is -2.08. The molecule has 19 heavy (non-hydrogen) atoms. The zero-order chi connectivity index (χ0) is 13.5. The summed E-state index contributed by atoms with van der Waals surface area (Å²) < 4.78 is 18.5. The lowest BCUT2D eigenvalue weighted by atomic mass is 10.3. The molecule has 1 heterocycles.